The quantitative estimate of drug-likeness (QED) is 0.517. The molecular formula is C16H14Cl3NO4S. The summed E-state index contributed by atoms with van der Waals surface area (Å²) in [6.07, 6.45) is 0.722. The number of nitrogens with one attached hydrogen (secondary N) is 1. The van der Waals surface area contributed by atoms with Crippen LogP contribution in [-0.2, 0) is 13.8 Å². The van der Waals surface area contributed by atoms with E-state index in [9.17, 15) is 13.2 Å². The van der Waals surface area contributed by atoms with Gasteiger partial charge in [-0.15, -0.1) is 0 Å². The van der Waals surface area contributed by atoms with Crippen LogP contribution in [0.3, 0.4) is 0 Å². The first-order chi connectivity index (χ1) is 11.8. The standard InChI is InChI=1S/C16H14Cl3NO4S/c17-11-3-8-15(14(18)10-11)24-9-1-2-16(21)20-12-4-6-13(7-5-12)25(19,22)23/h3-8,10H,1-2,9H2,(H,20,21). The summed E-state index contributed by atoms with van der Waals surface area (Å²) < 4.78 is 27.8. The number of benzene rings is 2. The van der Waals surface area contributed by atoms with Crippen LogP contribution in [0.1, 0.15) is 12.8 Å². The molecule has 0 unspecified atom stereocenters. The van der Waals surface area contributed by atoms with E-state index in [4.69, 9.17) is 38.6 Å². The summed E-state index contributed by atoms with van der Waals surface area (Å²) in [4.78, 5) is 11.8. The largest absolute Gasteiger partial charge is 0.492 e. The molecule has 9 heteroatoms. The minimum atomic E-state index is -3.77. The molecule has 0 spiro atoms. The van der Waals surface area contributed by atoms with E-state index in [0.717, 1.165) is 0 Å². The van der Waals surface area contributed by atoms with E-state index in [0.29, 0.717) is 34.5 Å². The van der Waals surface area contributed by atoms with Gasteiger partial charge in [0.05, 0.1) is 16.5 Å². The van der Waals surface area contributed by atoms with Crippen molar-refractivity contribution in [1.82, 2.24) is 0 Å². The number of anilines is 1. The smallest absolute Gasteiger partial charge is 0.261 e. The Morgan fingerprint density at radius 2 is 1.76 bits per heavy atom. The maximum Gasteiger partial charge on any atom is 0.261 e. The van der Waals surface area contributed by atoms with Crippen molar-refractivity contribution in [3.8, 4) is 5.75 Å². The van der Waals surface area contributed by atoms with Gasteiger partial charge in [-0.1, -0.05) is 23.2 Å². The molecule has 0 aliphatic carbocycles. The highest BCUT2D eigenvalue weighted by molar-refractivity contribution is 8.13. The predicted octanol–water partition coefficient (Wildman–Crippen LogP) is 4.72. The van der Waals surface area contributed by atoms with Crippen LogP contribution in [0.25, 0.3) is 0 Å². The molecule has 0 aliphatic heterocycles. The van der Waals surface area contributed by atoms with Gasteiger partial charge in [0.1, 0.15) is 5.75 Å². The van der Waals surface area contributed by atoms with Crippen LogP contribution in [0.5, 0.6) is 5.75 Å². The van der Waals surface area contributed by atoms with E-state index in [1.54, 1.807) is 18.2 Å². The molecule has 0 fully saturated rings. The zero-order valence-electron chi connectivity index (χ0n) is 12.8. The van der Waals surface area contributed by atoms with Crippen molar-refractivity contribution >= 4 is 54.5 Å². The van der Waals surface area contributed by atoms with Gasteiger partial charge in [0.15, 0.2) is 0 Å². The lowest BCUT2D eigenvalue weighted by Crippen LogP contribution is -2.12. The lowest BCUT2D eigenvalue weighted by Gasteiger charge is -2.09. The van der Waals surface area contributed by atoms with Gasteiger partial charge in [-0.3, -0.25) is 4.79 Å². The van der Waals surface area contributed by atoms with Crippen LogP contribution >= 0.6 is 33.9 Å². The third-order valence-electron chi connectivity index (χ3n) is 3.12. The van der Waals surface area contributed by atoms with Gasteiger partial charge >= 0.3 is 0 Å². The second kappa shape index (κ2) is 8.76. The zero-order chi connectivity index (χ0) is 18.4. The first-order valence-corrected chi connectivity index (χ1v) is 10.2. The van der Waals surface area contributed by atoms with Gasteiger partial charge < -0.3 is 10.1 Å². The molecule has 0 saturated carbocycles. The maximum absolute atomic E-state index is 11.9. The molecular weight excluding hydrogens is 409 g/mol. The summed E-state index contributed by atoms with van der Waals surface area (Å²) in [7, 11) is 1.45. The maximum atomic E-state index is 11.9. The van der Waals surface area contributed by atoms with Crippen LogP contribution in [0.2, 0.25) is 10.0 Å². The van der Waals surface area contributed by atoms with E-state index < -0.39 is 9.05 Å². The summed E-state index contributed by atoms with van der Waals surface area (Å²) >= 11 is 11.8. The average Bonchev–Trinajstić information content (AvgIpc) is 2.53. The van der Waals surface area contributed by atoms with Crippen LogP contribution < -0.4 is 10.1 Å². The van der Waals surface area contributed by atoms with Crippen molar-refractivity contribution < 1.29 is 17.9 Å². The SMILES string of the molecule is O=C(CCCOc1ccc(Cl)cc1Cl)Nc1ccc(S(=O)(=O)Cl)cc1. The minimum Gasteiger partial charge on any atom is -0.492 e. The number of carbonyl (C=O) groups excluding carboxylic acids is 1. The summed E-state index contributed by atoms with van der Waals surface area (Å²) in [6.45, 7) is 0.318. The molecule has 5 nitrogen and oxygen atoms in total. The summed E-state index contributed by atoms with van der Waals surface area (Å²) in [5.41, 5.74) is 0.482. The Kier molecular flexibility index (Phi) is 6.95. The molecule has 1 N–H and O–H groups in total. The van der Waals surface area contributed by atoms with Crippen LogP contribution in [-0.4, -0.2) is 20.9 Å². The summed E-state index contributed by atoms with van der Waals surface area (Å²) in [5.74, 6) is 0.289. The van der Waals surface area contributed by atoms with E-state index in [-0.39, 0.29) is 17.2 Å². The number of amides is 1. The Morgan fingerprint density at radius 1 is 1.08 bits per heavy atom. The highest BCUT2D eigenvalue weighted by Crippen LogP contribution is 2.27. The van der Waals surface area contributed by atoms with Crippen molar-refractivity contribution in [3.63, 3.8) is 0 Å². The van der Waals surface area contributed by atoms with Gasteiger partial charge in [-0.05, 0) is 48.9 Å². The molecule has 0 bridgehead atoms. The fraction of sp³-hybridized carbons (Fsp3) is 0.188. The van der Waals surface area contributed by atoms with E-state index in [1.807, 2.05) is 0 Å². The molecule has 0 aromatic heterocycles. The third-order valence-corrected chi connectivity index (χ3v) is 5.02. The number of halogens is 3. The van der Waals surface area contributed by atoms with Gasteiger partial charge in [0.25, 0.3) is 9.05 Å². The molecule has 0 radical (unpaired) electrons. The Morgan fingerprint density at radius 3 is 2.36 bits per heavy atom. The number of ether oxygens (including phenoxy) is 1. The first kappa shape index (κ1) is 19.8. The normalized spacial score (nSPS) is 11.2. The first-order valence-electron chi connectivity index (χ1n) is 7.18. The molecule has 2 rings (SSSR count). The average molecular weight is 423 g/mol. The molecule has 25 heavy (non-hydrogen) atoms. The Hall–Kier alpha value is -1.47. The topological polar surface area (TPSA) is 72.5 Å². The van der Waals surface area contributed by atoms with E-state index in [2.05, 4.69) is 5.32 Å². The van der Waals surface area contributed by atoms with Crippen molar-refractivity contribution in [1.29, 1.82) is 0 Å². The van der Waals surface area contributed by atoms with Gasteiger partial charge in [-0.2, -0.15) is 0 Å². The molecule has 134 valence electrons. The monoisotopic (exact) mass is 421 g/mol. The van der Waals surface area contributed by atoms with Crippen LogP contribution in [0.4, 0.5) is 5.69 Å². The fourth-order valence-corrected chi connectivity index (χ4v) is 3.16. The van der Waals surface area contributed by atoms with Crippen molar-refractivity contribution in [2.24, 2.45) is 0 Å². The third kappa shape index (κ3) is 6.40. The van der Waals surface area contributed by atoms with Gasteiger partial charge in [0.2, 0.25) is 5.91 Å². The van der Waals surface area contributed by atoms with Crippen molar-refractivity contribution in [2.45, 2.75) is 17.7 Å². The van der Waals surface area contributed by atoms with Crippen molar-refractivity contribution in [3.05, 3.63) is 52.5 Å². The zero-order valence-corrected chi connectivity index (χ0v) is 15.9. The van der Waals surface area contributed by atoms with Crippen LogP contribution in [0.15, 0.2) is 47.4 Å². The summed E-state index contributed by atoms with van der Waals surface area (Å²) in [5, 5.41) is 3.59. The highest BCUT2D eigenvalue weighted by Gasteiger charge is 2.10. The molecule has 2 aromatic rings. The number of rotatable bonds is 7. The molecule has 0 atom stereocenters. The molecule has 0 saturated heterocycles. The Bertz CT molecular complexity index is 854. The number of hydrogen-bond acceptors (Lipinski definition) is 4. The fourth-order valence-electron chi connectivity index (χ4n) is 1.93. The molecule has 0 heterocycles. The molecule has 2 aromatic carbocycles. The molecule has 1 amide bonds. The minimum absolute atomic E-state index is 0.0274. The van der Waals surface area contributed by atoms with E-state index >= 15 is 0 Å². The van der Waals surface area contributed by atoms with E-state index in [1.165, 1.54) is 24.3 Å². The number of carbonyl (C=O) groups is 1. The van der Waals surface area contributed by atoms with Gasteiger partial charge in [0, 0.05) is 27.8 Å². The van der Waals surface area contributed by atoms with Crippen LogP contribution in [0, 0.1) is 0 Å². The van der Waals surface area contributed by atoms with Crippen molar-refractivity contribution in [2.75, 3.05) is 11.9 Å². The lowest BCUT2D eigenvalue weighted by atomic mass is 10.2. The number of hydrogen-bond donors (Lipinski definition) is 1. The highest BCUT2D eigenvalue weighted by atomic mass is 35.7. The predicted molar refractivity (Wildman–Crippen MR) is 99.3 cm³/mol. The Labute approximate surface area is 160 Å². The second-order valence-electron chi connectivity index (χ2n) is 5.04. The second-order valence-corrected chi connectivity index (χ2v) is 8.45. The lowest BCUT2D eigenvalue weighted by molar-refractivity contribution is -0.116. The van der Waals surface area contributed by atoms with Gasteiger partial charge in [-0.25, -0.2) is 8.42 Å². The molecule has 0 aliphatic rings. The summed E-state index contributed by atoms with van der Waals surface area (Å²) in [6, 6.07) is 10.5. The Balaban J connectivity index is 1.77.